The number of hydrogen-bond donors (Lipinski definition) is 1. The maximum atomic E-state index is 5.69. The van der Waals surface area contributed by atoms with Crippen LogP contribution in [0.2, 0.25) is 0 Å². The van der Waals surface area contributed by atoms with E-state index in [0.29, 0.717) is 8.51 Å². The summed E-state index contributed by atoms with van der Waals surface area (Å²) >= 11 is 0. The monoisotopic (exact) mass is 257 g/mol. The van der Waals surface area contributed by atoms with Gasteiger partial charge >= 0.3 is 0 Å². The second-order valence-electron chi connectivity index (χ2n) is 2.60. The lowest BCUT2D eigenvalue weighted by atomic mass is 10.3. The highest BCUT2D eigenvalue weighted by Gasteiger charge is 1.97. The van der Waals surface area contributed by atoms with Gasteiger partial charge in [0.25, 0.3) is 0 Å². The fraction of sp³-hybridized carbons (Fsp3) is 0. The van der Waals surface area contributed by atoms with Crippen LogP contribution in [0.5, 0.6) is 5.75 Å². The Morgan fingerprint density at radius 3 is 3.07 bits per heavy atom. The summed E-state index contributed by atoms with van der Waals surface area (Å²) in [4.78, 5) is 5.69. The van der Waals surface area contributed by atoms with Gasteiger partial charge < -0.3 is 9.35 Å². The van der Waals surface area contributed by atoms with Crippen molar-refractivity contribution in [3.8, 4) is 5.75 Å². The molecule has 2 atom stereocenters. The van der Waals surface area contributed by atoms with Crippen LogP contribution in [0.25, 0.3) is 5.82 Å². The molecular weight excluding hydrogens is 247 g/mol. The molecule has 0 saturated heterocycles. The second kappa shape index (κ2) is 5.23. The molecule has 78 valence electrons. The van der Waals surface area contributed by atoms with Gasteiger partial charge in [0.2, 0.25) is 0 Å². The average Bonchev–Trinajstić information content (AvgIpc) is 2.31. The number of H-pyrrole nitrogens is 1. The van der Waals surface area contributed by atoms with E-state index in [1.54, 1.807) is 4.26 Å². The van der Waals surface area contributed by atoms with Crippen LogP contribution in [0.1, 0.15) is 0 Å². The summed E-state index contributed by atoms with van der Waals surface area (Å²) in [6.45, 7) is 3.78. The lowest BCUT2D eigenvalue weighted by Crippen LogP contribution is -1.99. The molecule has 0 bridgehead atoms. The normalized spacial score (nSPS) is 11.9. The molecule has 1 aromatic carbocycles. The zero-order valence-corrected chi connectivity index (χ0v) is 10.7. The van der Waals surface area contributed by atoms with E-state index in [0.717, 1.165) is 14.3 Å². The highest BCUT2D eigenvalue weighted by Crippen LogP contribution is 2.30. The van der Waals surface area contributed by atoms with Crippen molar-refractivity contribution in [3.63, 3.8) is 0 Å². The minimum absolute atomic E-state index is 0.434. The van der Waals surface area contributed by atoms with E-state index in [-0.39, 0.29) is 0 Å². The van der Waals surface area contributed by atoms with E-state index in [1.165, 1.54) is 0 Å². The van der Waals surface area contributed by atoms with E-state index in [9.17, 15) is 0 Å². The zero-order valence-electron chi connectivity index (χ0n) is 7.87. The molecule has 0 radical (unpaired) electrons. The van der Waals surface area contributed by atoms with Crippen molar-refractivity contribution in [2.24, 2.45) is 0 Å². The largest absolute Gasteiger partial charge is 0.366 e. The summed E-state index contributed by atoms with van der Waals surface area (Å²) in [5.74, 6) is 2.69. The van der Waals surface area contributed by atoms with Crippen LogP contribution < -0.4 is 4.84 Å². The van der Waals surface area contributed by atoms with Crippen LogP contribution in [0.15, 0.2) is 36.9 Å². The molecule has 4 nitrogen and oxygen atoms in total. The Bertz CT molecular complexity index is 466. The first kappa shape index (κ1) is 10.6. The molecule has 0 amide bonds. The highest BCUT2D eigenvalue weighted by molar-refractivity contribution is 7.60. The van der Waals surface area contributed by atoms with Crippen molar-refractivity contribution < 1.29 is 4.84 Å². The van der Waals surface area contributed by atoms with Crippen molar-refractivity contribution in [2.45, 2.75) is 0 Å². The lowest BCUT2D eigenvalue weighted by Gasteiger charge is -2.09. The van der Waals surface area contributed by atoms with Crippen molar-refractivity contribution in [2.75, 3.05) is 0 Å². The van der Waals surface area contributed by atoms with E-state index in [2.05, 4.69) is 15.6 Å². The average molecular weight is 257 g/mol. The Morgan fingerprint density at radius 2 is 2.33 bits per heavy atom. The first-order chi connectivity index (χ1) is 7.40. The van der Waals surface area contributed by atoms with Gasteiger partial charge in [0.1, 0.15) is 0 Å². The van der Waals surface area contributed by atoms with Gasteiger partial charge in [-0.05, 0) is 17.9 Å². The van der Waals surface area contributed by atoms with Crippen LogP contribution in [0.3, 0.4) is 0 Å². The second-order valence-corrected chi connectivity index (χ2v) is 6.79. The zero-order chi connectivity index (χ0) is 10.5. The Hall–Kier alpha value is -0.940. The predicted molar refractivity (Wildman–Crippen MR) is 67.8 cm³/mol. The molecule has 1 N–H and O–H groups in total. The topological polar surface area (TPSA) is 42.8 Å². The van der Waals surface area contributed by atoms with Gasteiger partial charge in [-0.1, -0.05) is 24.8 Å². The maximum Gasteiger partial charge on any atom is 0.182 e. The van der Waals surface area contributed by atoms with E-state index < -0.39 is 7.85 Å². The summed E-state index contributed by atoms with van der Waals surface area (Å²) in [6.07, 6.45) is 0. The molecule has 0 fully saturated rings. The molecule has 0 spiro atoms. The molecule has 0 aliphatic heterocycles. The number of hydrogen-bond acceptors (Lipinski definition) is 2. The van der Waals surface area contributed by atoms with Gasteiger partial charge in [-0.25, -0.2) is 0 Å². The quantitative estimate of drug-likeness (QED) is 0.906. The molecule has 7 heteroatoms. The first-order valence-electron chi connectivity index (χ1n) is 4.26. The van der Waals surface area contributed by atoms with Crippen LogP contribution in [-0.4, -0.2) is 13.3 Å². The summed E-state index contributed by atoms with van der Waals surface area (Å²) in [7, 11) is 0.650. The number of aromatic nitrogens is 3. The molecule has 15 heavy (non-hydrogen) atoms. The summed E-state index contributed by atoms with van der Waals surface area (Å²) in [6, 6.07) is 9.68. The van der Waals surface area contributed by atoms with Gasteiger partial charge in [0.05, 0.1) is 7.85 Å². The summed E-state index contributed by atoms with van der Waals surface area (Å²) < 4.78 is 9.25. The van der Waals surface area contributed by atoms with E-state index >= 15 is 0 Å². The van der Waals surface area contributed by atoms with Gasteiger partial charge in [0, 0.05) is 8.51 Å². The van der Waals surface area contributed by atoms with Gasteiger partial charge in [-0.2, -0.15) is 4.51 Å². The first-order valence-corrected chi connectivity index (χ1v) is 7.37. The molecule has 1 aromatic heterocycles. The van der Waals surface area contributed by atoms with Gasteiger partial charge in [-0.3, -0.25) is 0 Å². The fourth-order valence-corrected chi connectivity index (χ4v) is 4.94. The molecule has 0 aliphatic rings. The number of aromatic amines is 1. The highest BCUT2D eigenvalue weighted by atomic mass is 31.2. The smallest absolute Gasteiger partial charge is 0.182 e. The van der Waals surface area contributed by atoms with Crippen molar-refractivity contribution in [1.29, 1.82) is 0 Å². The third-order valence-electron chi connectivity index (χ3n) is 1.62. The summed E-state index contributed by atoms with van der Waals surface area (Å²) in [5, 5.41) is 0. The minimum atomic E-state index is -0.625. The van der Waals surface area contributed by atoms with E-state index in [1.807, 2.05) is 36.1 Å². The summed E-state index contributed by atoms with van der Waals surface area (Å²) in [5.41, 5.74) is 0. The van der Waals surface area contributed by atoms with Crippen molar-refractivity contribution in [3.05, 3.63) is 36.9 Å². The number of benzene rings is 1. The Kier molecular flexibility index (Phi) is 3.69. The van der Waals surface area contributed by atoms with Gasteiger partial charge in [0.15, 0.2) is 14.3 Å². The molecule has 0 saturated carbocycles. The number of nitrogens with zero attached hydrogens (tertiary/aromatic N) is 2. The minimum Gasteiger partial charge on any atom is -0.366 e. The number of nitrogens with one attached hydrogen (secondary N) is 1. The number of rotatable bonds is 3. The standard InChI is InChI=1S/C8H10N3OP3/c1-2-15-10-13-9-14-11(15)12-8-6-4-3-5-7-8/h2-7,10,13H,1H2. The molecule has 2 unspecified atom stereocenters. The van der Waals surface area contributed by atoms with Crippen LogP contribution in [-0.2, 0) is 0 Å². The molecule has 0 aliphatic carbocycles. The fourth-order valence-electron chi connectivity index (χ4n) is 0.973. The third-order valence-corrected chi connectivity index (χ3v) is 5.55. The molecule has 2 rings (SSSR count). The van der Waals surface area contributed by atoms with Crippen molar-refractivity contribution in [1.82, 2.24) is 13.3 Å². The molecule has 2 aromatic rings. The molecule has 1 heterocycles. The predicted octanol–water partition coefficient (Wildman–Crippen LogP) is 3.88. The maximum absolute atomic E-state index is 5.69. The van der Waals surface area contributed by atoms with Crippen LogP contribution in [0.4, 0.5) is 0 Å². The van der Waals surface area contributed by atoms with Crippen LogP contribution in [0, 0.1) is 0 Å². The third kappa shape index (κ3) is 2.76. The Morgan fingerprint density at radius 1 is 1.53 bits per heavy atom. The van der Waals surface area contributed by atoms with E-state index in [4.69, 9.17) is 4.84 Å². The van der Waals surface area contributed by atoms with Crippen LogP contribution >= 0.6 is 24.9 Å². The lowest BCUT2D eigenvalue weighted by molar-refractivity contribution is 0.276. The molecular formula is C8H10N3OP3. The Balaban J connectivity index is 2.28. The van der Waals surface area contributed by atoms with Crippen molar-refractivity contribution >= 4 is 30.7 Å². The Labute approximate surface area is 91.9 Å². The SMILES string of the molecule is C=Cp1[nH][pH]npn1Oc1ccccc1. The van der Waals surface area contributed by atoms with Gasteiger partial charge in [-0.15, -0.1) is 4.26 Å². The number of para-hydroxylation sites is 1.